The standard InChI is InChI=1S/C11H23N3O3S/c1-3-11(4-2,10(12)13-15)14-18(16,17)9-7-5-6-8-9/h9,14-15H,3-8H2,1-2H3,(H2,12,13). The molecule has 1 aliphatic carbocycles. The zero-order chi connectivity index (χ0) is 13.8. The van der Waals surface area contributed by atoms with Crippen molar-refractivity contribution in [2.24, 2.45) is 10.9 Å². The van der Waals surface area contributed by atoms with E-state index < -0.39 is 15.6 Å². The Morgan fingerprint density at radius 3 is 2.28 bits per heavy atom. The Morgan fingerprint density at radius 2 is 1.89 bits per heavy atom. The maximum atomic E-state index is 12.3. The number of nitrogens with two attached hydrogens (primary N) is 1. The van der Waals surface area contributed by atoms with Crippen molar-refractivity contribution in [1.29, 1.82) is 0 Å². The number of oxime groups is 1. The van der Waals surface area contributed by atoms with Gasteiger partial charge in [0.25, 0.3) is 0 Å². The van der Waals surface area contributed by atoms with Gasteiger partial charge in [-0.1, -0.05) is 31.8 Å². The van der Waals surface area contributed by atoms with Crippen LogP contribution in [0.25, 0.3) is 0 Å². The highest BCUT2D eigenvalue weighted by molar-refractivity contribution is 7.90. The fraction of sp³-hybridized carbons (Fsp3) is 0.909. The molecule has 6 nitrogen and oxygen atoms in total. The van der Waals surface area contributed by atoms with Gasteiger partial charge in [-0.25, -0.2) is 13.1 Å². The summed E-state index contributed by atoms with van der Waals surface area (Å²) >= 11 is 0. The number of nitrogens with zero attached hydrogens (tertiary/aromatic N) is 1. The van der Waals surface area contributed by atoms with Gasteiger partial charge in [0.05, 0.1) is 10.8 Å². The Hall–Kier alpha value is -0.820. The maximum Gasteiger partial charge on any atom is 0.215 e. The molecule has 7 heteroatoms. The summed E-state index contributed by atoms with van der Waals surface area (Å²) in [6.45, 7) is 3.64. The first kappa shape index (κ1) is 15.2. The van der Waals surface area contributed by atoms with Crippen LogP contribution < -0.4 is 10.5 Å². The fourth-order valence-electron chi connectivity index (χ4n) is 2.46. The summed E-state index contributed by atoms with van der Waals surface area (Å²) < 4.78 is 27.2. The van der Waals surface area contributed by atoms with Crippen LogP contribution in [0.1, 0.15) is 52.4 Å². The molecule has 0 saturated heterocycles. The topological polar surface area (TPSA) is 105 Å². The number of nitrogens with one attached hydrogen (secondary N) is 1. The number of hydrogen-bond donors (Lipinski definition) is 3. The molecule has 0 atom stereocenters. The first-order valence-electron chi connectivity index (χ1n) is 6.42. The maximum absolute atomic E-state index is 12.3. The van der Waals surface area contributed by atoms with Crippen LogP contribution in [0, 0.1) is 0 Å². The quantitative estimate of drug-likeness (QED) is 0.293. The van der Waals surface area contributed by atoms with Gasteiger partial charge in [-0.2, -0.15) is 0 Å². The second-order valence-corrected chi connectivity index (χ2v) is 6.79. The summed E-state index contributed by atoms with van der Waals surface area (Å²) in [5, 5.41) is 11.5. The lowest BCUT2D eigenvalue weighted by atomic mass is 9.93. The van der Waals surface area contributed by atoms with E-state index in [1.54, 1.807) is 0 Å². The molecule has 0 spiro atoms. The van der Waals surface area contributed by atoms with Crippen LogP contribution in [0.4, 0.5) is 0 Å². The highest BCUT2D eigenvalue weighted by Gasteiger charge is 2.39. The molecule has 1 rings (SSSR count). The van der Waals surface area contributed by atoms with Gasteiger partial charge in [0, 0.05) is 0 Å². The zero-order valence-electron chi connectivity index (χ0n) is 11.0. The molecular weight excluding hydrogens is 254 g/mol. The van der Waals surface area contributed by atoms with Crippen molar-refractivity contribution >= 4 is 15.9 Å². The van der Waals surface area contributed by atoms with E-state index in [1.165, 1.54) is 0 Å². The van der Waals surface area contributed by atoms with Crippen LogP contribution in [0.3, 0.4) is 0 Å². The Kier molecular flexibility index (Phi) is 4.98. The number of rotatable bonds is 6. The molecule has 18 heavy (non-hydrogen) atoms. The second kappa shape index (κ2) is 5.88. The van der Waals surface area contributed by atoms with E-state index >= 15 is 0 Å². The summed E-state index contributed by atoms with van der Waals surface area (Å²) in [5.41, 5.74) is 4.68. The predicted molar refractivity (Wildman–Crippen MR) is 71.0 cm³/mol. The number of amidine groups is 1. The average molecular weight is 277 g/mol. The molecule has 1 saturated carbocycles. The van der Waals surface area contributed by atoms with Gasteiger partial charge >= 0.3 is 0 Å². The van der Waals surface area contributed by atoms with Crippen molar-refractivity contribution in [2.45, 2.75) is 63.2 Å². The lowest BCUT2D eigenvalue weighted by Gasteiger charge is -2.32. The van der Waals surface area contributed by atoms with Crippen LogP contribution in [-0.2, 0) is 10.0 Å². The van der Waals surface area contributed by atoms with Gasteiger partial charge in [0.2, 0.25) is 10.0 Å². The normalized spacial score (nSPS) is 19.3. The van der Waals surface area contributed by atoms with Crippen LogP contribution in [0.5, 0.6) is 0 Å². The molecule has 106 valence electrons. The predicted octanol–water partition coefficient (Wildman–Crippen LogP) is 1.15. The van der Waals surface area contributed by atoms with Crippen molar-refractivity contribution < 1.29 is 13.6 Å². The minimum Gasteiger partial charge on any atom is -0.409 e. The van der Waals surface area contributed by atoms with E-state index in [0.29, 0.717) is 25.7 Å². The minimum atomic E-state index is -3.42. The van der Waals surface area contributed by atoms with Gasteiger partial charge in [0.15, 0.2) is 5.84 Å². The highest BCUT2D eigenvalue weighted by Crippen LogP contribution is 2.26. The molecule has 1 fully saturated rings. The molecule has 0 aromatic rings. The van der Waals surface area contributed by atoms with Gasteiger partial charge in [-0.3, -0.25) is 0 Å². The molecule has 0 aliphatic heterocycles. The van der Waals surface area contributed by atoms with E-state index in [2.05, 4.69) is 9.88 Å². The Balaban J connectivity index is 2.96. The smallest absolute Gasteiger partial charge is 0.215 e. The molecule has 0 aromatic carbocycles. The minimum absolute atomic E-state index is 0.0749. The summed E-state index contributed by atoms with van der Waals surface area (Å²) in [6, 6.07) is 0. The van der Waals surface area contributed by atoms with Crippen molar-refractivity contribution in [1.82, 2.24) is 4.72 Å². The van der Waals surface area contributed by atoms with Crippen molar-refractivity contribution in [3.8, 4) is 0 Å². The van der Waals surface area contributed by atoms with Gasteiger partial charge in [-0.05, 0) is 25.7 Å². The van der Waals surface area contributed by atoms with E-state index in [1.807, 2.05) is 13.8 Å². The van der Waals surface area contributed by atoms with Gasteiger partial charge in [-0.15, -0.1) is 0 Å². The van der Waals surface area contributed by atoms with Crippen molar-refractivity contribution in [3.63, 3.8) is 0 Å². The average Bonchev–Trinajstić information content (AvgIpc) is 2.89. The molecule has 1 aliphatic rings. The zero-order valence-corrected chi connectivity index (χ0v) is 11.8. The monoisotopic (exact) mass is 277 g/mol. The highest BCUT2D eigenvalue weighted by atomic mass is 32.2. The Bertz CT molecular complexity index is 396. The molecule has 0 bridgehead atoms. The fourth-order valence-corrected chi connectivity index (χ4v) is 4.52. The molecule has 0 amide bonds. The summed E-state index contributed by atoms with van der Waals surface area (Å²) in [5.74, 6) is -0.0749. The van der Waals surface area contributed by atoms with E-state index in [0.717, 1.165) is 12.8 Å². The second-order valence-electron chi connectivity index (χ2n) is 4.83. The lowest BCUT2D eigenvalue weighted by molar-refractivity contribution is 0.307. The number of sulfonamides is 1. The third kappa shape index (κ3) is 2.95. The third-order valence-corrected chi connectivity index (χ3v) is 5.91. The van der Waals surface area contributed by atoms with Crippen LogP contribution >= 0.6 is 0 Å². The summed E-state index contributed by atoms with van der Waals surface area (Å²) in [6.07, 6.45) is 4.17. The Morgan fingerprint density at radius 1 is 1.39 bits per heavy atom. The molecular formula is C11H23N3O3S. The van der Waals surface area contributed by atoms with Crippen molar-refractivity contribution in [2.75, 3.05) is 0 Å². The summed E-state index contributed by atoms with van der Waals surface area (Å²) in [4.78, 5) is 0. The molecule has 4 N–H and O–H groups in total. The van der Waals surface area contributed by atoms with E-state index in [4.69, 9.17) is 10.9 Å². The van der Waals surface area contributed by atoms with Crippen molar-refractivity contribution in [3.05, 3.63) is 0 Å². The molecule has 0 aromatic heterocycles. The lowest BCUT2D eigenvalue weighted by Crippen LogP contribution is -2.58. The molecule has 0 heterocycles. The third-order valence-electron chi connectivity index (χ3n) is 3.88. The van der Waals surface area contributed by atoms with E-state index in [9.17, 15) is 8.42 Å². The first-order valence-corrected chi connectivity index (χ1v) is 7.97. The molecule has 0 radical (unpaired) electrons. The van der Waals surface area contributed by atoms with Gasteiger partial charge < -0.3 is 10.9 Å². The molecule has 0 unspecified atom stereocenters. The number of hydrogen-bond acceptors (Lipinski definition) is 4. The first-order chi connectivity index (χ1) is 8.41. The van der Waals surface area contributed by atoms with E-state index in [-0.39, 0.29) is 11.1 Å². The van der Waals surface area contributed by atoms with Crippen LogP contribution in [0.15, 0.2) is 5.16 Å². The van der Waals surface area contributed by atoms with Crippen LogP contribution in [-0.4, -0.2) is 30.2 Å². The SMILES string of the molecule is CCC(CC)(NS(=O)(=O)C1CCCC1)C(N)=NO. The summed E-state index contributed by atoms with van der Waals surface area (Å²) in [7, 11) is -3.42. The van der Waals surface area contributed by atoms with Gasteiger partial charge in [0.1, 0.15) is 0 Å². The largest absolute Gasteiger partial charge is 0.409 e. The van der Waals surface area contributed by atoms with Crippen LogP contribution in [0.2, 0.25) is 0 Å². The Labute approximate surface area is 109 Å².